The summed E-state index contributed by atoms with van der Waals surface area (Å²) in [6, 6.07) is 0. The van der Waals surface area contributed by atoms with Crippen LogP contribution in [0.15, 0.2) is 0 Å². The van der Waals surface area contributed by atoms with Crippen LogP contribution >= 0.6 is 0 Å². The van der Waals surface area contributed by atoms with E-state index < -0.39 is 0 Å². The fraction of sp³-hybridized carbons (Fsp3) is 0.600. The van der Waals surface area contributed by atoms with Crippen molar-refractivity contribution >= 4 is 12.2 Å². The Bertz CT molecular complexity index is 126. The molecule has 1 saturated heterocycles. The largest absolute Gasteiger partial charge is 1.00 e. The van der Waals surface area contributed by atoms with Crippen LogP contribution in [0.5, 0.6) is 0 Å². The quantitative estimate of drug-likeness (QED) is 0.286. The van der Waals surface area contributed by atoms with Gasteiger partial charge >= 0.3 is 51.4 Å². The minimum atomic E-state index is 0. The molecule has 0 aromatic heterocycles. The van der Waals surface area contributed by atoms with E-state index in [0.717, 1.165) is 0 Å². The summed E-state index contributed by atoms with van der Waals surface area (Å²) in [6.07, 6.45) is 2.17. The van der Waals surface area contributed by atoms with E-state index >= 15 is 0 Å². The number of Topliss-reactive ketones (excluding diaryl/α,β-unsaturated/α-hetero) is 1. The first kappa shape index (κ1) is 9.78. The second-order valence-corrected chi connectivity index (χ2v) is 1.80. The number of carbonyl (C=O) groups is 1. The Morgan fingerprint density at radius 3 is 2.44 bits per heavy atom. The van der Waals surface area contributed by atoms with Crippen LogP contribution < -0.4 is 51.4 Å². The molecule has 44 valence electrons. The molecule has 1 rings (SSSR count). The molecular weight excluding hydrogens is 145 g/mol. The van der Waals surface area contributed by atoms with E-state index in [9.17, 15) is 9.59 Å². The molecule has 0 aromatic carbocycles. The van der Waals surface area contributed by atoms with Crippen LogP contribution in [-0.2, 0) is 9.59 Å². The Morgan fingerprint density at radius 2 is 2.22 bits per heavy atom. The number of ketones is 1. The molecular formula is C5H6KNO2. The third kappa shape index (κ3) is 2.91. The first-order valence-corrected chi connectivity index (χ1v) is 2.47. The van der Waals surface area contributed by atoms with Gasteiger partial charge in [0.2, 0.25) is 0 Å². The summed E-state index contributed by atoms with van der Waals surface area (Å²) in [4.78, 5) is 21.5. The monoisotopic (exact) mass is 151 g/mol. The van der Waals surface area contributed by atoms with Gasteiger partial charge in [-0.25, -0.2) is 0 Å². The standard InChI is InChI=1S/C5H6NO2.K/c7-4-6-2-1-5(8)3-6;/h1-3H2;/q-1;+1. The average Bonchev–Trinajstić information content (AvgIpc) is 2.14. The Kier molecular flexibility index (Phi) is 4.96. The van der Waals surface area contributed by atoms with Crippen LogP contribution in [0.25, 0.3) is 0 Å². The van der Waals surface area contributed by atoms with E-state index in [0.29, 0.717) is 13.0 Å². The molecule has 0 bridgehead atoms. The molecule has 0 atom stereocenters. The maximum atomic E-state index is 10.4. The normalized spacial score (nSPS) is 17.3. The van der Waals surface area contributed by atoms with Crippen molar-refractivity contribution in [2.45, 2.75) is 6.42 Å². The third-order valence-electron chi connectivity index (χ3n) is 1.16. The molecule has 1 aliphatic rings. The average molecular weight is 151 g/mol. The molecule has 0 aliphatic carbocycles. The molecule has 0 spiro atoms. The molecule has 1 fully saturated rings. The van der Waals surface area contributed by atoms with Crippen LogP contribution in [-0.4, -0.2) is 30.2 Å². The zero-order chi connectivity index (χ0) is 5.98. The van der Waals surface area contributed by atoms with Crippen molar-refractivity contribution in [2.75, 3.05) is 13.1 Å². The van der Waals surface area contributed by atoms with Gasteiger partial charge in [-0.05, 0) is 6.54 Å². The second kappa shape index (κ2) is 4.57. The van der Waals surface area contributed by atoms with Crippen LogP contribution in [0.2, 0.25) is 0 Å². The topological polar surface area (TPSA) is 37.4 Å². The maximum absolute atomic E-state index is 10.4. The van der Waals surface area contributed by atoms with E-state index in [4.69, 9.17) is 0 Å². The van der Waals surface area contributed by atoms with Gasteiger partial charge < -0.3 is 9.69 Å². The molecule has 0 N–H and O–H groups in total. The Morgan fingerprint density at radius 1 is 1.56 bits per heavy atom. The van der Waals surface area contributed by atoms with E-state index in [-0.39, 0.29) is 63.7 Å². The van der Waals surface area contributed by atoms with E-state index in [1.165, 1.54) is 4.90 Å². The van der Waals surface area contributed by atoms with Gasteiger partial charge in [-0.1, -0.05) is 0 Å². The van der Waals surface area contributed by atoms with Crippen LogP contribution in [0.1, 0.15) is 6.42 Å². The number of likely N-dealkylation sites (tertiary alicyclic amines) is 1. The SMILES string of the molecule is O=[C-]N1CCC(=O)C1.[K+]. The molecule has 0 saturated carbocycles. The summed E-state index contributed by atoms with van der Waals surface area (Å²) in [5.41, 5.74) is 0. The van der Waals surface area contributed by atoms with Crippen molar-refractivity contribution in [2.24, 2.45) is 0 Å². The van der Waals surface area contributed by atoms with Crippen LogP contribution in [0.4, 0.5) is 0 Å². The molecule has 1 amide bonds. The Labute approximate surface area is 96.2 Å². The van der Waals surface area contributed by atoms with Gasteiger partial charge in [-0.3, -0.25) is 4.79 Å². The van der Waals surface area contributed by atoms with Crippen LogP contribution in [0, 0.1) is 0 Å². The maximum Gasteiger partial charge on any atom is 1.00 e. The fourth-order valence-corrected chi connectivity index (χ4v) is 0.709. The van der Waals surface area contributed by atoms with Crippen molar-refractivity contribution in [3.8, 4) is 0 Å². The molecule has 9 heavy (non-hydrogen) atoms. The first-order valence-electron chi connectivity index (χ1n) is 2.47. The molecule has 1 heterocycles. The van der Waals surface area contributed by atoms with Gasteiger partial charge in [0.05, 0.1) is 0 Å². The summed E-state index contributed by atoms with van der Waals surface area (Å²) in [6.45, 7) is 0.825. The van der Waals surface area contributed by atoms with E-state index in [1.807, 2.05) is 0 Å². The molecule has 1 aliphatic heterocycles. The molecule has 0 radical (unpaired) electrons. The predicted octanol–water partition coefficient (Wildman–Crippen LogP) is -3.67. The summed E-state index contributed by atoms with van der Waals surface area (Å²) in [5, 5.41) is 0. The summed E-state index contributed by atoms with van der Waals surface area (Å²) in [5.74, 6) is 0.133. The number of rotatable bonds is 1. The number of hydrogen-bond donors (Lipinski definition) is 0. The molecule has 0 unspecified atom stereocenters. The zero-order valence-corrected chi connectivity index (χ0v) is 8.51. The van der Waals surface area contributed by atoms with E-state index in [1.54, 1.807) is 6.41 Å². The summed E-state index contributed by atoms with van der Waals surface area (Å²) < 4.78 is 0. The minimum absolute atomic E-state index is 0. The van der Waals surface area contributed by atoms with Crippen molar-refractivity contribution in [1.82, 2.24) is 4.90 Å². The zero-order valence-electron chi connectivity index (χ0n) is 5.39. The first-order chi connectivity index (χ1) is 3.83. The number of carbonyl (C=O) groups excluding carboxylic acids is 2. The molecule has 0 aromatic rings. The second-order valence-electron chi connectivity index (χ2n) is 1.80. The van der Waals surface area contributed by atoms with Gasteiger partial charge in [0.15, 0.2) is 5.78 Å². The van der Waals surface area contributed by atoms with Gasteiger partial charge in [0.25, 0.3) is 0 Å². The minimum Gasteiger partial charge on any atom is -0.520 e. The molecule has 4 heteroatoms. The summed E-state index contributed by atoms with van der Waals surface area (Å²) >= 11 is 0. The van der Waals surface area contributed by atoms with Crippen molar-refractivity contribution < 1.29 is 61.0 Å². The predicted molar refractivity (Wildman–Crippen MR) is 26.9 cm³/mol. The Balaban J connectivity index is 0.000000640. The van der Waals surface area contributed by atoms with Gasteiger partial charge in [0.1, 0.15) is 0 Å². The van der Waals surface area contributed by atoms with Gasteiger partial charge in [-0.15, -0.1) is 0 Å². The van der Waals surface area contributed by atoms with E-state index in [2.05, 4.69) is 0 Å². The van der Waals surface area contributed by atoms with Crippen molar-refractivity contribution in [1.29, 1.82) is 0 Å². The summed E-state index contributed by atoms with van der Waals surface area (Å²) in [7, 11) is 0. The van der Waals surface area contributed by atoms with Crippen molar-refractivity contribution in [3.63, 3.8) is 0 Å². The van der Waals surface area contributed by atoms with Gasteiger partial charge in [-0.2, -0.15) is 6.41 Å². The van der Waals surface area contributed by atoms with Gasteiger partial charge in [0, 0.05) is 13.0 Å². The number of hydrogen-bond acceptors (Lipinski definition) is 2. The van der Waals surface area contributed by atoms with Crippen LogP contribution in [0.3, 0.4) is 0 Å². The van der Waals surface area contributed by atoms with Crippen molar-refractivity contribution in [3.05, 3.63) is 0 Å². The number of amides is 1. The fourth-order valence-electron chi connectivity index (χ4n) is 0.709. The number of nitrogens with zero attached hydrogens (tertiary/aromatic N) is 1. The Hall–Kier alpha value is 0.776. The molecule has 3 nitrogen and oxygen atoms in total. The third-order valence-corrected chi connectivity index (χ3v) is 1.16. The smallest absolute Gasteiger partial charge is 0.520 e.